The third-order valence-electron chi connectivity index (χ3n) is 10.8. The van der Waals surface area contributed by atoms with Gasteiger partial charge in [-0.1, -0.05) is 158 Å². The van der Waals surface area contributed by atoms with Crippen molar-refractivity contribution in [1.82, 2.24) is 0 Å². The Kier molecular flexibility index (Phi) is 7.39. The van der Waals surface area contributed by atoms with Crippen LogP contribution in [0.3, 0.4) is 0 Å². The normalized spacial score (nSPS) is 11.6. The van der Waals surface area contributed by atoms with E-state index in [1.54, 1.807) is 0 Å². The van der Waals surface area contributed by atoms with Gasteiger partial charge in [0.05, 0.1) is 5.69 Å². The van der Waals surface area contributed by atoms with E-state index in [2.05, 4.69) is 205 Å². The van der Waals surface area contributed by atoms with Crippen molar-refractivity contribution in [2.75, 3.05) is 4.90 Å². The SMILES string of the molecule is c1ccc(-c2ccc(N(c3ccc(-c4ccccc4)cc3)c3cc(-c4ccccc4)cc4c3oc3c5ccccc5c5c6ccccc6sc5c43)cc2)cc1. The van der Waals surface area contributed by atoms with E-state index in [1.165, 1.54) is 53.2 Å². The first-order chi connectivity index (χ1) is 27.3. The summed E-state index contributed by atoms with van der Waals surface area (Å²) in [6.07, 6.45) is 0. The number of hydrogen-bond donors (Lipinski definition) is 0. The predicted octanol–water partition coefficient (Wildman–Crippen LogP) is 15.6. The van der Waals surface area contributed by atoms with Crippen LogP contribution in [0.25, 0.3) is 86.3 Å². The van der Waals surface area contributed by atoms with Crippen molar-refractivity contribution in [3.63, 3.8) is 0 Å². The molecule has 3 heteroatoms. The molecule has 11 aromatic rings. The number of furan rings is 1. The van der Waals surface area contributed by atoms with E-state index in [0.717, 1.165) is 50.1 Å². The van der Waals surface area contributed by atoms with Crippen LogP contribution in [0.1, 0.15) is 0 Å². The van der Waals surface area contributed by atoms with Gasteiger partial charge in [-0.05, 0) is 81.2 Å². The summed E-state index contributed by atoms with van der Waals surface area (Å²) in [7, 11) is 0. The molecular formula is C52H33NOS. The Labute approximate surface area is 322 Å². The Balaban J connectivity index is 1.23. The molecule has 2 nitrogen and oxygen atoms in total. The van der Waals surface area contributed by atoms with Gasteiger partial charge in [0.15, 0.2) is 5.58 Å². The maximum atomic E-state index is 7.27. The third-order valence-corrected chi connectivity index (χ3v) is 12.0. The molecule has 0 fully saturated rings. The second-order valence-electron chi connectivity index (χ2n) is 14.1. The Morgan fingerprint density at radius 2 is 0.818 bits per heavy atom. The van der Waals surface area contributed by atoms with Gasteiger partial charge in [-0.25, -0.2) is 0 Å². The lowest BCUT2D eigenvalue weighted by molar-refractivity contribution is 0.673. The van der Waals surface area contributed by atoms with Gasteiger partial charge in [0, 0.05) is 47.7 Å². The summed E-state index contributed by atoms with van der Waals surface area (Å²) in [6, 6.07) is 71.8. The van der Waals surface area contributed by atoms with Crippen molar-refractivity contribution in [3.05, 3.63) is 200 Å². The Morgan fingerprint density at radius 3 is 1.40 bits per heavy atom. The lowest BCUT2D eigenvalue weighted by atomic mass is 9.97. The summed E-state index contributed by atoms with van der Waals surface area (Å²) in [5, 5.41) is 7.21. The van der Waals surface area contributed by atoms with E-state index in [4.69, 9.17) is 4.42 Å². The highest BCUT2D eigenvalue weighted by atomic mass is 32.1. The Bertz CT molecular complexity index is 3080. The number of thiophene rings is 1. The first kappa shape index (κ1) is 31.6. The van der Waals surface area contributed by atoms with Crippen LogP contribution < -0.4 is 4.90 Å². The zero-order valence-corrected chi connectivity index (χ0v) is 30.6. The van der Waals surface area contributed by atoms with Crippen molar-refractivity contribution in [2.45, 2.75) is 0 Å². The third kappa shape index (κ3) is 5.24. The second kappa shape index (κ2) is 12.9. The Morgan fingerprint density at radius 1 is 0.345 bits per heavy atom. The molecule has 55 heavy (non-hydrogen) atoms. The molecule has 258 valence electrons. The van der Waals surface area contributed by atoms with Crippen molar-refractivity contribution in [2.24, 2.45) is 0 Å². The van der Waals surface area contributed by atoms with Crippen LogP contribution in [-0.2, 0) is 0 Å². The number of nitrogens with zero attached hydrogens (tertiary/aromatic N) is 1. The highest BCUT2D eigenvalue weighted by Gasteiger charge is 2.25. The van der Waals surface area contributed by atoms with E-state index in [0.29, 0.717) is 0 Å². The van der Waals surface area contributed by atoms with E-state index < -0.39 is 0 Å². The maximum absolute atomic E-state index is 7.27. The summed E-state index contributed by atoms with van der Waals surface area (Å²) in [5.74, 6) is 0. The molecule has 0 bridgehead atoms. The molecule has 0 spiro atoms. The van der Waals surface area contributed by atoms with Crippen LogP contribution in [0.15, 0.2) is 205 Å². The van der Waals surface area contributed by atoms with Crippen molar-refractivity contribution < 1.29 is 4.42 Å². The van der Waals surface area contributed by atoms with E-state index in [1.807, 2.05) is 11.3 Å². The van der Waals surface area contributed by atoms with Crippen molar-refractivity contribution in [1.29, 1.82) is 0 Å². The van der Waals surface area contributed by atoms with Crippen LogP contribution in [0.2, 0.25) is 0 Å². The van der Waals surface area contributed by atoms with Crippen molar-refractivity contribution >= 4 is 81.3 Å². The predicted molar refractivity (Wildman–Crippen MR) is 235 cm³/mol. The minimum absolute atomic E-state index is 0.865. The molecule has 2 heterocycles. The molecule has 9 aromatic carbocycles. The summed E-state index contributed by atoms with van der Waals surface area (Å²) < 4.78 is 9.81. The maximum Gasteiger partial charge on any atom is 0.159 e. The van der Waals surface area contributed by atoms with Gasteiger partial charge in [0.2, 0.25) is 0 Å². The molecule has 0 amide bonds. The molecule has 2 aromatic heterocycles. The smallest absolute Gasteiger partial charge is 0.159 e. The Hall–Kier alpha value is -6.94. The van der Waals surface area contributed by atoms with Gasteiger partial charge in [-0.3, -0.25) is 0 Å². The fourth-order valence-electron chi connectivity index (χ4n) is 8.24. The lowest BCUT2D eigenvalue weighted by Crippen LogP contribution is -2.10. The zero-order chi connectivity index (χ0) is 36.3. The second-order valence-corrected chi connectivity index (χ2v) is 15.1. The van der Waals surface area contributed by atoms with E-state index in [-0.39, 0.29) is 0 Å². The molecular weight excluding hydrogens is 687 g/mol. The topological polar surface area (TPSA) is 16.4 Å². The van der Waals surface area contributed by atoms with Gasteiger partial charge >= 0.3 is 0 Å². The van der Waals surface area contributed by atoms with Crippen LogP contribution >= 0.6 is 11.3 Å². The van der Waals surface area contributed by atoms with Gasteiger partial charge < -0.3 is 9.32 Å². The molecule has 0 unspecified atom stereocenters. The minimum atomic E-state index is 0.865. The van der Waals surface area contributed by atoms with Gasteiger partial charge in [0.25, 0.3) is 0 Å². The number of benzene rings is 9. The van der Waals surface area contributed by atoms with Crippen LogP contribution in [-0.4, -0.2) is 0 Å². The highest BCUT2D eigenvalue weighted by molar-refractivity contribution is 7.27. The van der Waals surface area contributed by atoms with Gasteiger partial charge in [-0.15, -0.1) is 11.3 Å². The zero-order valence-electron chi connectivity index (χ0n) is 29.8. The van der Waals surface area contributed by atoms with Crippen molar-refractivity contribution in [3.8, 4) is 33.4 Å². The van der Waals surface area contributed by atoms with Gasteiger partial charge in [0.1, 0.15) is 5.58 Å². The van der Waals surface area contributed by atoms with Crippen LogP contribution in [0, 0.1) is 0 Å². The summed E-state index contributed by atoms with van der Waals surface area (Å²) in [6.45, 7) is 0. The average molecular weight is 720 g/mol. The molecule has 0 aliphatic carbocycles. The van der Waals surface area contributed by atoms with E-state index in [9.17, 15) is 0 Å². The molecule has 0 saturated heterocycles. The molecule has 0 N–H and O–H groups in total. The quantitative estimate of drug-likeness (QED) is 0.170. The average Bonchev–Trinajstić information content (AvgIpc) is 3.85. The summed E-state index contributed by atoms with van der Waals surface area (Å²) in [4.78, 5) is 2.37. The molecule has 0 saturated carbocycles. The standard InChI is InChI=1S/C52H33NOS/c1-4-14-34(15-5-1)37-24-28-40(29-25-37)53(41-30-26-38(27-31-41)35-16-6-2-7-17-35)46-33-39(36-18-8-3-9-19-36)32-45-49-51(54-50(45)46)43-21-11-10-20-42(43)48-44-22-12-13-23-47(44)55-52(48)49/h1-33H. The molecule has 0 aliphatic heterocycles. The highest BCUT2D eigenvalue weighted by Crippen LogP contribution is 2.51. The number of hydrogen-bond acceptors (Lipinski definition) is 3. The largest absolute Gasteiger partial charge is 0.453 e. The summed E-state index contributed by atoms with van der Waals surface area (Å²) in [5.41, 5.74) is 11.9. The fourth-order valence-corrected chi connectivity index (χ4v) is 9.52. The van der Waals surface area contributed by atoms with Gasteiger partial charge in [-0.2, -0.15) is 0 Å². The van der Waals surface area contributed by atoms with Crippen LogP contribution in [0.5, 0.6) is 0 Å². The van der Waals surface area contributed by atoms with Crippen LogP contribution in [0.4, 0.5) is 17.1 Å². The van der Waals surface area contributed by atoms with E-state index >= 15 is 0 Å². The number of anilines is 3. The molecule has 0 radical (unpaired) electrons. The molecule has 11 rings (SSSR count). The minimum Gasteiger partial charge on any atom is -0.453 e. The summed E-state index contributed by atoms with van der Waals surface area (Å²) >= 11 is 1.86. The molecule has 0 aliphatic rings. The molecule has 0 atom stereocenters. The number of rotatable bonds is 6. The lowest BCUT2D eigenvalue weighted by Gasteiger charge is -2.26. The first-order valence-electron chi connectivity index (χ1n) is 18.7. The first-order valence-corrected chi connectivity index (χ1v) is 19.5. The monoisotopic (exact) mass is 719 g/mol. The fraction of sp³-hybridized carbons (Fsp3) is 0. The number of fused-ring (bicyclic) bond motifs is 10.